The smallest absolute Gasteiger partial charge is 0.151 e. The maximum atomic E-state index is 12.9. The fourth-order valence-electron chi connectivity index (χ4n) is 1.37. The summed E-state index contributed by atoms with van der Waals surface area (Å²) in [6, 6.07) is 7.97. The first-order valence-electron chi connectivity index (χ1n) is 4.42. The fraction of sp³-hybridized carbons (Fsp3) is 0.0909. The van der Waals surface area contributed by atoms with Crippen LogP contribution in [0.15, 0.2) is 30.3 Å². The molecule has 76 valence electrons. The van der Waals surface area contributed by atoms with Crippen molar-refractivity contribution in [3.8, 4) is 11.3 Å². The Balaban J connectivity index is 2.49. The van der Waals surface area contributed by atoms with E-state index < -0.39 is 0 Å². The summed E-state index contributed by atoms with van der Waals surface area (Å²) in [6.07, 6.45) is 0. The molecule has 0 amide bonds. The van der Waals surface area contributed by atoms with E-state index in [9.17, 15) is 4.39 Å². The molecule has 4 heteroatoms. The van der Waals surface area contributed by atoms with Crippen molar-refractivity contribution in [2.24, 2.45) is 0 Å². The normalized spacial score (nSPS) is 10.3. The number of aromatic nitrogens is 2. The molecule has 0 aliphatic carbocycles. The Morgan fingerprint density at radius 1 is 1.13 bits per heavy atom. The van der Waals surface area contributed by atoms with Gasteiger partial charge in [0.25, 0.3) is 0 Å². The molecule has 0 bridgehead atoms. The van der Waals surface area contributed by atoms with Crippen molar-refractivity contribution in [2.75, 3.05) is 0 Å². The van der Waals surface area contributed by atoms with Gasteiger partial charge in [0.05, 0.1) is 5.69 Å². The molecule has 0 saturated heterocycles. The molecule has 0 atom stereocenters. The number of hydrogen-bond donors (Lipinski definition) is 0. The second-order valence-corrected chi connectivity index (χ2v) is 3.59. The third-order valence-corrected chi connectivity index (χ3v) is 2.30. The summed E-state index contributed by atoms with van der Waals surface area (Å²) in [7, 11) is 0. The Labute approximate surface area is 91.7 Å². The zero-order valence-corrected chi connectivity index (χ0v) is 8.79. The van der Waals surface area contributed by atoms with Crippen LogP contribution >= 0.6 is 11.6 Å². The molecule has 0 fully saturated rings. The topological polar surface area (TPSA) is 25.8 Å². The van der Waals surface area contributed by atoms with E-state index in [0.717, 1.165) is 11.1 Å². The van der Waals surface area contributed by atoms with Gasteiger partial charge in [0.2, 0.25) is 0 Å². The van der Waals surface area contributed by atoms with Crippen molar-refractivity contribution < 1.29 is 4.39 Å². The van der Waals surface area contributed by atoms with Crippen molar-refractivity contribution in [3.63, 3.8) is 0 Å². The third kappa shape index (κ3) is 2.13. The number of halogens is 2. The van der Waals surface area contributed by atoms with Gasteiger partial charge in [-0.1, -0.05) is 11.6 Å². The maximum absolute atomic E-state index is 12.9. The molecule has 0 unspecified atom stereocenters. The molecule has 0 aliphatic rings. The largest absolute Gasteiger partial charge is 0.207 e. The maximum Gasteiger partial charge on any atom is 0.151 e. The van der Waals surface area contributed by atoms with E-state index in [1.807, 2.05) is 6.92 Å². The minimum atomic E-state index is -0.252. The molecule has 1 aromatic carbocycles. The molecular weight excluding hydrogens is 215 g/mol. The molecule has 0 spiro atoms. The summed E-state index contributed by atoms with van der Waals surface area (Å²) in [6.45, 7) is 1.83. The van der Waals surface area contributed by atoms with Gasteiger partial charge < -0.3 is 0 Å². The predicted octanol–water partition coefficient (Wildman–Crippen LogP) is 3.24. The van der Waals surface area contributed by atoms with Crippen LogP contribution in [0.2, 0.25) is 5.15 Å². The van der Waals surface area contributed by atoms with E-state index in [4.69, 9.17) is 11.6 Å². The van der Waals surface area contributed by atoms with Crippen LogP contribution in [-0.4, -0.2) is 10.2 Å². The lowest BCUT2D eigenvalue weighted by Crippen LogP contribution is -1.90. The van der Waals surface area contributed by atoms with Crippen LogP contribution in [0, 0.1) is 12.7 Å². The van der Waals surface area contributed by atoms with E-state index in [1.54, 1.807) is 18.2 Å². The van der Waals surface area contributed by atoms with Crippen molar-refractivity contribution in [1.29, 1.82) is 0 Å². The second kappa shape index (κ2) is 3.95. The van der Waals surface area contributed by atoms with Gasteiger partial charge in [-0.3, -0.25) is 0 Å². The van der Waals surface area contributed by atoms with Crippen LogP contribution in [0.1, 0.15) is 5.56 Å². The van der Waals surface area contributed by atoms with E-state index in [-0.39, 0.29) is 5.82 Å². The minimum Gasteiger partial charge on any atom is -0.207 e. The van der Waals surface area contributed by atoms with E-state index in [1.165, 1.54) is 12.1 Å². The van der Waals surface area contributed by atoms with Crippen LogP contribution < -0.4 is 0 Å². The molecule has 0 aliphatic heterocycles. The van der Waals surface area contributed by atoms with Gasteiger partial charge in [-0.15, -0.1) is 10.2 Å². The quantitative estimate of drug-likeness (QED) is 0.740. The molecular formula is C11H8ClFN2. The first kappa shape index (κ1) is 10.1. The van der Waals surface area contributed by atoms with Crippen LogP contribution in [0.3, 0.4) is 0 Å². The summed E-state index contributed by atoms with van der Waals surface area (Å²) in [5.74, 6) is -0.252. The van der Waals surface area contributed by atoms with Crippen molar-refractivity contribution >= 4 is 11.6 Å². The van der Waals surface area contributed by atoms with E-state index in [2.05, 4.69) is 10.2 Å². The molecule has 0 radical (unpaired) electrons. The summed E-state index contributed by atoms with van der Waals surface area (Å²) < 4.78 is 12.9. The molecule has 0 N–H and O–H groups in total. The van der Waals surface area contributed by atoms with Gasteiger partial charge >= 0.3 is 0 Å². The highest BCUT2D eigenvalue weighted by atomic mass is 35.5. The van der Waals surface area contributed by atoms with E-state index in [0.29, 0.717) is 10.8 Å². The number of benzene rings is 1. The molecule has 1 heterocycles. The molecule has 2 aromatic rings. The standard InChI is InChI=1S/C11H8ClFN2/c1-7-6-8(13)2-3-9(7)10-4-5-11(12)15-14-10/h2-6H,1H3. The minimum absolute atomic E-state index is 0.252. The van der Waals surface area contributed by atoms with Gasteiger partial charge in [-0.2, -0.15) is 0 Å². The first-order chi connectivity index (χ1) is 7.16. The van der Waals surface area contributed by atoms with Crippen LogP contribution in [0.25, 0.3) is 11.3 Å². The van der Waals surface area contributed by atoms with Gasteiger partial charge in [0.15, 0.2) is 5.15 Å². The van der Waals surface area contributed by atoms with Gasteiger partial charge in [0, 0.05) is 5.56 Å². The van der Waals surface area contributed by atoms with Crippen molar-refractivity contribution in [2.45, 2.75) is 6.92 Å². The lowest BCUT2D eigenvalue weighted by molar-refractivity contribution is 0.627. The molecule has 1 aromatic heterocycles. The second-order valence-electron chi connectivity index (χ2n) is 3.20. The zero-order chi connectivity index (χ0) is 10.8. The SMILES string of the molecule is Cc1cc(F)ccc1-c1ccc(Cl)nn1. The first-order valence-corrected chi connectivity index (χ1v) is 4.80. The van der Waals surface area contributed by atoms with Gasteiger partial charge in [0.1, 0.15) is 5.82 Å². The number of rotatable bonds is 1. The summed E-state index contributed by atoms with van der Waals surface area (Å²) in [4.78, 5) is 0. The lowest BCUT2D eigenvalue weighted by atomic mass is 10.1. The summed E-state index contributed by atoms with van der Waals surface area (Å²) in [5, 5.41) is 8.02. The summed E-state index contributed by atoms with van der Waals surface area (Å²) >= 11 is 5.63. The Kier molecular flexibility index (Phi) is 2.64. The Morgan fingerprint density at radius 3 is 2.53 bits per heavy atom. The Morgan fingerprint density at radius 2 is 1.93 bits per heavy atom. The van der Waals surface area contributed by atoms with E-state index >= 15 is 0 Å². The number of nitrogens with zero attached hydrogens (tertiary/aromatic N) is 2. The highest BCUT2D eigenvalue weighted by Crippen LogP contribution is 2.21. The molecule has 2 rings (SSSR count). The van der Waals surface area contributed by atoms with Crippen LogP contribution in [0.5, 0.6) is 0 Å². The van der Waals surface area contributed by atoms with Crippen LogP contribution in [-0.2, 0) is 0 Å². The zero-order valence-electron chi connectivity index (χ0n) is 8.04. The highest BCUT2D eigenvalue weighted by molar-refractivity contribution is 6.29. The number of hydrogen-bond acceptors (Lipinski definition) is 2. The Bertz CT molecular complexity index is 482. The lowest BCUT2D eigenvalue weighted by Gasteiger charge is -2.03. The van der Waals surface area contributed by atoms with Gasteiger partial charge in [-0.25, -0.2) is 4.39 Å². The van der Waals surface area contributed by atoms with Gasteiger partial charge in [-0.05, 0) is 42.8 Å². The van der Waals surface area contributed by atoms with Crippen LogP contribution in [0.4, 0.5) is 4.39 Å². The fourth-order valence-corrected chi connectivity index (χ4v) is 1.47. The molecule has 2 nitrogen and oxygen atoms in total. The molecule has 0 saturated carbocycles. The Hall–Kier alpha value is -1.48. The third-order valence-electron chi connectivity index (χ3n) is 2.10. The number of aryl methyl sites for hydroxylation is 1. The van der Waals surface area contributed by atoms with Crippen molar-refractivity contribution in [3.05, 3.63) is 46.9 Å². The molecule has 15 heavy (non-hydrogen) atoms. The van der Waals surface area contributed by atoms with Crippen molar-refractivity contribution in [1.82, 2.24) is 10.2 Å². The average Bonchev–Trinajstić information content (AvgIpc) is 2.20. The predicted molar refractivity (Wildman–Crippen MR) is 57.2 cm³/mol. The average molecular weight is 223 g/mol. The monoisotopic (exact) mass is 222 g/mol. The highest BCUT2D eigenvalue weighted by Gasteiger charge is 2.04. The summed E-state index contributed by atoms with van der Waals surface area (Å²) in [5.41, 5.74) is 2.38.